The Labute approximate surface area is 65.6 Å². The molecule has 0 atom stereocenters. The minimum Gasteiger partial charge on any atom is -0.550 e. The third kappa shape index (κ3) is 11.5. The Bertz CT molecular complexity index is 73.5. The zero-order valence-corrected chi connectivity index (χ0v) is 6.45. The normalized spacial score (nSPS) is 8.11. The van der Waals surface area contributed by atoms with E-state index in [1.807, 2.05) is 6.92 Å². The maximum Gasteiger partial charge on any atom is 0.0414 e. The van der Waals surface area contributed by atoms with Crippen LogP contribution in [0.2, 0.25) is 0 Å². The van der Waals surface area contributed by atoms with E-state index in [2.05, 4.69) is 0 Å². The number of hydrogen-bond acceptors (Lipinski definition) is 2. The van der Waals surface area contributed by atoms with Crippen molar-refractivity contribution >= 4 is 5.97 Å². The molecule has 0 aliphatic carbocycles. The van der Waals surface area contributed by atoms with Crippen LogP contribution in [0.1, 0.15) is 32.6 Å². The molecular weight excluding hydrogens is 163 g/mol. The largest absolute Gasteiger partial charge is 0.550 e. The van der Waals surface area contributed by atoms with Gasteiger partial charge in [-0.1, -0.05) is 19.8 Å². The number of carboxylic acid groups (broad SMARTS) is 1. The zero-order chi connectivity index (χ0) is 6.41. The van der Waals surface area contributed by atoms with Crippen molar-refractivity contribution < 1.29 is 26.4 Å². The fourth-order valence-corrected chi connectivity index (χ4v) is 0.519. The van der Waals surface area contributed by atoms with Crippen LogP contribution in [-0.4, -0.2) is 5.97 Å². The maximum absolute atomic E-state index is 9.76. The Hall–Kier alpha value is -0.0365. The maximum atomic E-state index is 9.76. The van der Waals surface area contributed by atoms with Crippen molar-refractivity contribution in [2.45, 2.75) is 32.6 Å². The van der Waals surface area contributed by atoms with Gasteiger partial charge in [0.25, 0.3) is 0 Å². The van der Waals surface area contributed by atoms with E-state index in [0.29, 0.717) is 0 Å². The van der Waals surface area contributed by atoms with Crippen LogP contribution in [0.3, 0.4) is 0 Å². The number of carbonyl (C=O) groups excluding carboxylic acids is 1. The summed E-state index contributed by atoms with van der Waals surface area (Å²) in [4.78, 5) is 9.76. The third-order valence-corrected chi connectivity index (χ3v) is 0.984. The van der Waals surface area contributed by atoms with Gasteiger partial charge in [0.05, 0.1) is 0 Å². The predicted octanol–water partition coefficient (Wildman–Crippen LogP) is 0.314. The van der Waals surface area contributed by atoms with E-state index in [4.69, 9.17) is 0 Å². The third-order valence-electron chi connectivity index (χ3n) is 0.984. The SMILES string of the molecule is CCCCCC(=O)[O-].[Ni]. The van der Waals surface area contributed by atoms with Gasteiger partial charge in [0.2, 0.25) is 0 Å². The molecule has 0 aromatic heterocycles. The molecule has 0 amide bonds. The van der Waals surface area contributed by atoms with Gasteiger partial charge in [0.15, 0.2) is 0 Å². The van der Waals surface area contributed by atoms with Crippen LogP contribution in [0, 0.1) is 0 Å². The molecule has 9 heavy (non-hydrogen) atoms. The molecule has 0 heterocycles. The van der Waals surface area contributed by atoms with E-state index >= 15 is 0 Å². The van der Waals surface area contributed by atoms with E-state index in [0.717, 1.165) is 19.3 Å². The van der Waals surface area contributed by atoms with Gasteiger partial charge in [-0.25, -0.2) is 0 Å². The Morgan fingerprint density at radius 1 is 1.44 bits per heavy atom. The van der Waals surface area contributed by atoms with Crippen molar-refractivity contribution in [3.8, 4) is 0 Å². The van der Waals surface area contributed by atoms with Gasteiger partial charge in [-0.15, -0.1) is 0 Å². The molecule has 3 heteroatoms. The zero-order valence-electron chi connectivity index (χ0n) is 5.46. The van der Waals surface area contributed by atoms with Crippen molar-refractivity contribution in [3.63, 3.8) is 0 Å². The van der Waals surface area contributed by atoms with E-state index in [9.17, 15) is 9.90 Å². The van der Waals surface area contributed by atoms with Crippen molar-refractivity contribution in [2.75, 3.05) is 0 Å². The molecule has 0 saturated heterocycles. The molecule has 58 valence electrons. The molecule has 0 fully saturated rings. The van der Waals surface area contributed by atoms with Gasteiger partial charge in [-0.3, -0.25) is 0 Å². The molecule has 0 saturated carbocycles. The van der Waals surface area contributed by atoms with Crippen LogP contribution in [0.25, 0.3) is 0 Å². The van der Waals surface area contributed by atoms with Crippen molar-refractivity contribution in [1.29, 1.82) is 0 Å². The van der Waals surface area contributed by atoms with Gasteiger partial charge < -0.3 is 9.90 Å². The second kappa shape index (κ2) is 7.96. The fraction of sp³-hybridized carbons (Fsp3) is 0.833. The first-order valence-electron chi connectivity index (χ1n) is 2.97. The molecular formula is C6H11NiO2-. The van der Waals surface area contributed by atoms with Crippen molar-refractivity contribution in [2.24, 2.45) is 0 Å². The van der Waals surface area contributed by atoms with E-state index in [1.165, 1.54) is 0 Å². The molecule has 0 unspecified atom stereocenters. The summed E-state index contributed by atoms with van der Waals surface area (Å²) >= 11 is 0. The second-order valence-electron chi connectivity index (χ2n) is 1.83. The topological polar surface area (TPSA) is 40.1 Å². The first kappa shape index (κ1) is 11.7. The summed E-state index contributed by atoms with van der Waals surface area (Å²) in [6, 6.07) is 0. The van der Waals surface area contributed by atoms with Gasteiger partial charge in [0.1, 0.15) is 0 Å². The van der Waals surface area contributed by atoms with Crippen molar-refractivity contribution in [3.05, 3.63) is 0 Å². The molecule has 0 spiro atoms. The minimum absolute atomic E-state index is 0. The van der Waals surface area contributed by atoms with Gasteiger partial charge in [0, 0.05) is 22.5 Å². The molecule has 0 N–H and O–H groups in total. The predicted molar refractivity (Wildman–Crippen MR) is 29.1 cm³/mol. The van der Waals surface area contributed by atoms with Gasteiger partial charge >= 0.3 is 0 Å². The Balaban J connectivity index is 0. The number of aliphatic carboxylic acids is 1. The quantitative estimate of drug-likeness (QED) is 0.454. The molecule has 2 nitrogen and oxygen atoms in total. The number of unbranched alkanes of at least 4 members (excludes halogenated alkanes) is 2. The first-order chi connectivity index (χ1) is 3.77. The van der Waals surface area contributed by atoms with Crippen LogP contribution < -0.4 is 5.11 Å². The molecule has 0 aromatic carbocycles. The summed E-state index contributed by atoms with van der Waals surface area (Å²) in [5.41, 5.74) is 0. The molecule has 0 rings (SSSR count). The van der Waals surface area contributed by atoms with Crippen LogP contribution in [0.4, 0.5) is 0 Å². The number of hydrogen-bond donors (Lipinski definition) is 0. The standard InChI is InChI=1S/C6H12O2.Ni/c1-2-3-4-5-6(7)8;/h2-5H2,1H3,(H,7,8);/p-1. The number of carbonyl (C=O) groups is 1. The summed E-state index contributed by atoms with van der Waals surface area (Å²) in [7, 11) is 0. The molecule has 0 bridgehead atoms. The summed E-state index contributed by atoms with van der Waals surface area (Å²) in [6.45, 7) is 2.04. The van der Waals surface area contributed by atoms with Crippen LogP contribution in [0.5, 0.6) is 0 Å². The minimum atomic E-state index is -0.932. The Kier molecular flexibility index (Phi) is 10.4. The second-order valence-corrected chi connectivity index (χ2v) is 1.83. The van der Waals surface area contributed by atoms with Gasteiger partial charge in [-0.05, 0) is 12.8 Å². The number of carboxylic acids is 1. The van der Waals surface area contributed by atoms with E-state index < -0.39 is 5.97 Å². The number of rotatable bonds is 4. The average molecular weight is 174 g/mol. The molecule has 0 aromatic rings. The first-order valence-corrected chi connectivity index (χ1v) is 2.97. The van der Waals surface area contributed by atoms with Gasteiger partial charge in [-0.2, -0.15) is 0 Å². The fourth-order valence-electron chi connectivity index (χ4n) is 0.519. The van der Waals surface area contributed by atoms with E-state index in [1.54, 1.807) is 0 Å². The summed E-state index contributed by atoms with van der Waals surface area (Å²) in [6.07, 6.45) is 3.04. The summed E-state index contributed by atoms with van der Waals surface area (Å²) in [5, 5.41) is 9.76. The average Bonchev–Trinajstić information content (AvgIpc) is 1.66. The summed E-state index contributed by atoms with van der Waals surface area (Å²) < 4.78 is 0. The smallest absolute Gasteiger partial charge is 0.0414 e. The Morgan fingerprint density at radius 2 is 2.00 bits per heavy atom. The van der Waals surface area contributed by atoms with Crippen LogP contribution in [-0.2, 0) is 21.3 Å². The van der Waals surface area contributed by atoms with Crippen LogP contribution in [0.15, 0.2) is 0 Å². The monoisotopic (exact) mass is 173 g/mol. The van der Waals surface area contributed by atoms with Crippen molar-refractivity contribution in [1.82, 2.24) is 0 Å². The molecule has 0 radical (unpaired) electrons. The molecule has 0 aliphatic rings. The van der Waals surface area contributed by atoms with Crippen LogP contribution >= 0.6 is 0 Å². The van der Waals surface area contributed by atoms with E-state index in [-0.39, 0.29) is 22.9 Å². The summed E-state index contributed by atoms with van der Waals surface area (Å²) in [5.74, 6) is -0.932. The molecule has 0 aliphatic heterocycles. The Morgan fingerprint density at radius 3 is 2.33 bits per heavy atom.